The number of fused-ring (bicyclic) bond motifs is 1. The number of aliphatic hydroxyl groups excluding tert-OH is 1. The molecule has 2 atom stereocenters. The van der Waals surface area contributed by atoms with E-state index in [1.807, 2.05) is 32.0 Å². The van der Waals surface area contributed by atoms with Gasteiger partial charge in [-0.3, -0.25) is 0 Å². The van der Waals surface area contributed by atoms with Gasteiger partial charge in [0.15, 0.2) is 0 Å². The maximum atomic E-state index is 10.6. The lowest BCUT2D eigenvalue weighted by Crippen LogP contribution is -2.05. The minimum absolute atomic E-state index is 0.165. The van der Waals surface area contributed by atoms with Crippen molar-refractivity contribution in [1.82, 2.24) is 0 Å². The molecule has 5 heteroatoms. The average Bonchev–Trinajstić information content (AvgIpc) is 3.02. The van der Waals surface area contributed by atoms with E-state index in [0.717, 1.165) is 28.2 Å². The molecule has 2 unspecified atom stereocenters. The van der Waals surface area contributed by atoms with Gasteiger partial charge in [-0.05, 0) is 38.1 Å². The van der Waals surface area contributed by atoms with Crippen LogP contribution in [0.25, 0.3) is 0 Å². The number of hydrogen-bond donors (Lipinski definition) is 1. The second-order valence-corrected chi connectivity index (χ2v) is 6.85. The Balaban J connectivity index is 2.02. The molecule has 0 spiro atoms. The van der Waals surface area contributed by atoms with Crippen molar-refractivity contribution < 1.29 is 14.6 Å². The van der Waals surface area contributed by atoms with E-state index in [0.29, 0.717) is 16.7 Å². The molecule has 1 aliphatic heterocycles. The molecular formula is C16H17ClO3S. The smallest absolute Gasteiger partial charge is 0.126 e. The van der Waals surface area contributed by atoms with Crippen molar-refractivity contribution >= 4 is 22.9 Å². The molecule has 0 aliphatic carbocycles. The van der Waals surface area contributed by atoms with Crippen molar-refractivity contribution in [2.45, 2.75) is 32.5 Å². The third kappa shape index (κ3) is 2.89. The highest BCUT2D eigenvalue weighted by Gasteiger charge is 2.25. The quantitative estimate of drug-likeness (QED) is 0.915. The molecule has 1 N–H and O–H groups in total. The zero-order chi connectivity index (χ0) is 15.0. The minimum atomic E-state index is -0.756. The largest absolute Gasteiger partial charge is 0.493 e. The highest BCUT2D eigenvalue weighted by atomic mass is 35.5. The molecule has 2 heterocycles. The zero-order valence-corrected chi connectivity index (χ0v) is 13.5. The summed E-state index contributed by atoms with van der Waals surface area (Å²) in [6, 6.07) is 7.50. The summed E-state index contributed by atoms with van der Waals surface area (Å²) >= 11 is 7.33. The van der Waals surface area contributed by atoms with Crippen LogP contribution >= 0.6 is 22.9 Å². The SMILES string of the molecule is CCOc1cc2c(cc1C(O)c1ccc(Cl)s1)OC(C)C2. The van der Waals surface area contributed by atoms with Gasteiger partial charge >= 0.3 is 0 Å². The number of aliphatic hydroxyl groups is 1. The Morgan fingerprint density at radius 2 is 2.29 bits per heavy atom. The number of ether oxygens (including phenoxy) is 2. The van der Waals surface area contributed by atoms with Crippen LogP contribution in [0, 0.1) is 0 Å². The summed E-state index contributed by atoms with van der Waals surface area (Å²) in [5.74, 6) is 1.55. The molecule has 1 aliphatic rings. The van der Waals surface area contributed by atoms with Crippen LogP contribution in [-0.4, -0.2) is 17.8 Å². The Labute approximate surface area is 133 Å². The van der Waals surface area contributed by atoms with Crippen LogP contribution in [-0.2, 0) is 6.42 Å². The van der Waals surface area contributed by atoms with E-state index in [1.165, 1.54) is 11.3 Å². The molecule has 3 nitrogen and oxygen atoms in total. The lowest BCUT2D eigenvalue weighted by molar-refractivity contribution is 0.213. The molecule has 0 saturated carbocycles. The first kappa shape index (κ1) is 14.7. The fraction of sp³-hybridized carbons (Fsp3) is 0.375. The van der Waals surface area contributed by atoms with Crippen LogP contribution in [0.2, 0.25) is 4.34 Å². The molecule has 112 valence electrons. The van der Waals surface area contributed by atoms with Gasteiger partial charge in [-0.15, -0.1) is 11.3 Å². The van der Waals surface area contributed by atoms with E-state index in [1.54, 1.807) is 6.07 Å². The lowest BCUT2D eigenvalue weighted by Gasteiger charge is -2.16. The fourth-order valence-electron chi connectivity index (χ4n) is 2.58. The Morgan fingerprint density at radius 1 is 1.48 bits per heavy atom. The Morgan fingerprint density at radius 3 is 2.95 bits per heavy atom. The number of rotatable bonds is 4. The Kier molecular flexibility index (Phi) is 4.11. The van der Waals surface area contributed by atoms with Gasteiger partial charge < -0.3 is 14.6 Å². The van der Waals surface area contributed by atoms with Crippen LogP contribution in [0.3, 0.4) is 0 Å². The second-order valence-electron chi connectivity index (χ2n) is 5.11. The minimum Gasteiger partial charge on any atom is -0.493 e. The van der Waals surface area contributed by atoms with Crippen molar-refractivity contribution in [3.63, 3.8) is 0 Å². The summed E-state index contributed by atoms with van der Waals surface area (Å²) in [4.78, 5) is 0.798. The Bertz CT molecular complexity index is 653. The number of thiophene rings is 1. The standard InChI is InChI=1S/C16H17ClO3S/c1-3-19-13-7-10-6-9(2)20-12(10)8-11(13)16(18)14-4-5-15(17)21-14/h4-5,7-9,16,18H,3,6H2,1-2H3. The number of halogens is 1. The molecule has 21 heavy (non-hydrogen) atoms. The summed E-state index contributed by atoms with van der Waals surface area (Å²) in [7, 11) is 0. The fourth-order valence-corrected chi connectivity index (χ4v) is 3.64. The molecular weight excluding hydrogens is 308 g/mol. The molecule has 0 amide bonds. The maximum absolute atomic E-state index is 10.6. The number of benzene rings is 1. The molecule has 3 rings (SSSR count). The van der Waals surface area contributed by atoms with Crippen molar-refractivity contribution in [2.75, 3.05) is 6.61 Å². The third-order valence-corrected chi connectivity index (χ3v) is 4.77. The van der Waals surface area contributed by atoms with Gasteiger partial charge in [0.05, 0.1) is 10.9 Å². The number of hydrogen-bond acceptors (Lipinski definition) is 4. The predicted octanol–water partition coefficient (Wildman–Crippen LogP) is 4.21. The van der Waals surface area contributed by atoms with E-state index in [4.69, 9.17) is 21.1 Å². The van der Waals surface area contributed by atoms with Gasteiger partial charge in [-0.2, -0.15) is 0 Å². The highest BCUT2D eigenvalue weighted by Crippen LogP contribution is 2.41. The van der Waals surface area contributed by atoms with E-state index in [2.05, 4.69) is 0 Å². The monoisotopic (exact) mass is 324 g/mol. The molecule has 0 bridgehead atoms. The zero-order valence-electron chi connectivity index (χ0n) is 11.9. The van der Waals surface area contributed by atoms with Gasteiger partial charge in [-0.25, -0.2) is 0 Å². The van der Waals surface area contributed by atoms with Crippen molar-refractivity contribution in [2.24, 2.45) is 0 Å². The summed E-state index contributed by atoms with van der Waals surface area (Å²) in [5.41, 5.74) is 1.86. The third-order valence-electron chi connectivity index (χ3n) is 3.49. The first-order valence-electron chi connectivity index (χ1n) is 6.98. The van der Waals surface area contributed by atoms with E-state index in [9.17, 15) is 5.11 Å². The summed E-state index contributed by atoms with van der Waals surface area (Å²) in [6.45, 7) is 4.53. The molecule has 0 fully saturated rings. The summed E-state index contributed by atoms with van der Waals surface area (Å²) in [6.07, 6.45) is 0.281. The summed E-state index contributed by atoms with van der Waals surface area (Å²) < 4.78 is 12.1. The maximum Gasteiger partial charge on any atom is 0.126 e. The van der Waals surface area contributed by atoms with Crippen molar-refractivity contribution in [3.05, 3.63) is 44.6 Å². The van der Waals surface area contributed by atoms with Gasteiger partial charge in [0.2, 0.25) is 0 Å². The van der Waals surface area contributed by atoms with E-state index in [-0.39, 0.29) is 6.10 Å². The average molecular weight is 325 g/mol. The summed E-state index contributed by atoms with van der Waals surface area (Å²) in [5, 5.41) is 10.6. The normalized spacial score (nSPS) is 18.2. The van der Waals surface area contributed by atoms with Crippen LogP contribution in [0.1, 0.15) is 36.0 Å². The van der Waals surface area contributed by atoms with Crippen molar-refractivity contribution in [3.8, 4) is 11.5 Å². The van der Waals surface area contributed by atoms with Gasteiger partial charge in [0.1, 0.15) is 23.7 Å². The highest BCUT2D eigenvalue weighted by molar-refractivity contribution is 7.16. The molecule has 0 saturated heterocycles. The van der Waals surface area contributed by atoms with Crippen LogP contribution in [0.15, 0.2) is 24.3 Å². The van der Waals surface area contributed by atoms with Gasteiger partial charge in [0, 0.05) is 22.4 Å². The van der Waals surface area contributed by atoms with Crippen LogP contribution in [0.4, 0.5) is 0 Å². The molecule has 2 aromatic rings. The lowest BCUT2D eigenvalue weighted by atomic mass is 10.0. The first-order chi connectivity index (χ1) is 10.1. The van der Waals surface area contributed by atoms with E-state index < -0.39 is 6.10 Å². The van der Waals surface area contributed by atoms with E-state index >= 15 is 0 Å². The molecule has 0 radical (unpaired) electrons. The molecule has 1 aromatic carbocycles. The van der Waals surface area contributed by atoms with Crippen molar-refractivity contribution in [1.29, 1.82) is 0 Å². The van der Waals surface area contributed by atoms with Gasteiger partial charge in [-0.1, -0.05) is 11.6 Å². The predicted molar refractivity (Wildman–Crippen MR) is 84.8 cm³/mol. The van der Waals surface area contributed by atoms with Gasteiger partial charge in [0.25, 0.3) is 0 Å². The molecule has 1 aromatic heterocycles. The second kappa shape index (κ2) is 5.87. The first-order valence-corrected chi connectivity index (χ1v) is 8.17. The van der Waals surface area contributed by atoms with Crippen LogP contribution < -0.4 is 9.47 Å². The topological polar surface area (TPSA) is 38.7 Å². The Hall–Kier alpha value is -1.23. The van der Waals surface area contributed by atoms with Crippen LogP contribution in [0.5, 0.6) is 11.5 Å².